The number of fused-ring (bicyclic) bond motifs is 1. The Balaban J connectivity index is 1.24. The highest BCUT2D eigenvalue weighted by atomic mass is 19.2. The normalized spacial score (nSPS) is 16.3. The predicted molar refractivity (Wildman–Crippen MR) is 137 cm³/mol. The molecule has 2 aromatic heterocycles. The van der Waals surface area contributed by atoms with Gasteiger partial charge in [-0.15, -0.1) is 0 Å². The van der Waals surface area contributed by atoms with Gasteiger partial charge in [0.05, 0.1) is 18.7 Å². The molecule has 2 atom stereocenters. The highest BCUT2D eigenvalue weighted by molar-refractivity contribution is 5.77. The van der Waals surface area contributed by atoms with Crippen LogP contribution in [-0.2, 0) is 17.8 Å². The van der Waals surface area contributed by atoms with Crippen molar-refractivity contribution >= 4 is 22.8 Å². The van der Waals surface area contributed by atoms with Crippen LogP contribution in [0.5, 0.6) is 0 Å². The molecule has 0 bridgehead atoms. The van der Waals surface area contributed by atoms with Gasteiger partial charge >= 0.3 is 0 Å². The number of imidazole rings is 1. The van der Waals surface area contributed by atoms with Gasteiger partial charge < -0.3 is 19.9 Å². The van der Waals surface area contributed by atoms with E-state index in [4.69, 9.17) is 0 Å². The van der Waals surface area contributed by atoms with E-state index in [1.165, 1.54) is 12.1 Å². The number of rotatable bonds is 8. The number of aliphatic hydroxyl groups is 1. The summed E-state index contributed by atoms with van der Waals surface area (Å²) in [5.74, 6) is -1.26. The van der Waals surface area contributed by atoms with Gasteiger partial charge in [-0.05, 0) is 60.9 Å². The lowest BCUT2D eigenvalue weighted by Gasteiger charge is -2.20. The average Bonchev–Trinajstić information content (AvgIpc) is 3.48. The molecule has 0 saturated carbocycles. The molecule has 1 aliphatic rings. The molecule has 2 N–H and O–H groups in total. The summed E-state index contributed by atoms with van der Waals surface area (Å²) in [5, 5.41) is 12.8. The van der Waals surface area contributed by atoms with Gasteiger partial charge in [-0.1, -0.05) is 18.2 Å². The Morgan fingerprint density at radius 3 is 2.70 bits per heavy atom. The smallest absolute Gasteiger partial charge is 0.220 e. The SMILES string of the molecule is CC(NC(=O)CCc1nc2cccnc2n1Cc1ccc(F)c(F)c1)c1ccc(N2CC[C@@H](O)C2)cc1. The number of nitrogens with one attached hydrogen (secondary N) is 1. The first-order chi connectivity index (χ1) is 17.9. The molecule has 2 aromatic carbocycles. The molecule has 1 amide bonds. The summed E-state index contributed by atoms with van der Waals surface area (Å²) in [7, 11) is 0. The minimum Gasteiger partial charge on any atom is -0.391 e. The third-order valence-electron chi connectivity index (χ3n) is 6.78. The van der Waals surface area contributed by atoms with Crippen LogP contribution in [0.2, 0.25) is 0 Å². The fraction of sp³-hybridized carbons (Fsp3) is 0.321. The van der Waals surface area contributed by atoms with Crippen molar-refractivity contribution < 1.29 is 18.7 Å². The van der Waals surface area contributed by atoms with E-state index in [9.17, 15) is 18.7 Å². The van der Waals surface area contributed by atoms with Crippen molar-refractivity contribution in [2.75, 3.05) is 18.0 Å². The second-order valence-corrected chi connectivity index (χ2v) is 9.48. The number of aliphatic hydroxyl groups excluding tert-OH is 1. The van der Waals surface area contributed by atoms with E-state index in [1.54, 1.807) is 12.3 Å². The zero-order valence-corrected chi connectivity index (χ0v) is 20.6. The summed E-state index contributed by atoms with van der Waals surface area (Å²) in [6, 6.07) is 15.3. The number of hydrogen-bond donors (Lipinski definition) is 2. The van der Waals surface area contributed by atoms with Crippen molar-refractivity contribution in [1.82, 2.24) is 19.9 Å². The summed E-state index contributed by atoms with van der Waals surface area (Å²) in [6.45, 7) is 3.68. The Morgan fingerprint density at radius 2 is 1.97 bits per heavy atom. The number of aryl methyl sites for hydroxylation is 1. The molecule has 37 heavy (non-hydrogen) atoms. The molecule has 192 valence electrons. The van der Waals surface area contributed by atoms with E-state index in [2.05, 4.69) is 20.2 Å². The Kier molecular flexibility index (Phi) is 7.14. The minimum atomic E-state index is -0.907. The summed E-state index contributed by atoms with van der Waals surface area (Å²) < 4.78 is 29.0. The second-order valence-electron chi connectivity index (χ2n) is 9.48. The van der Waals surface area contributed by atoms with E-state index in [0.717, 1.165) is 30.3 Å². The van der Waals surface area contributed by atoms with Crippen LogP contribution in [0.3, 0.4) is 0 Å². The molecule has 7 nitrogen and oxygen atoms in total. The van der Waals surface area contributed by atoms with Crippen LogP contribution < -0.4 is 10.2 Å². The summed E-state index contributed by atoms with van der Waals surface area (Å²) in [5.41, 5.74) is 3.94. The van der Waals surface area contributed by atoms with Crippen molar-refractivity contribution in [3.05, 3.63) is 89.4 Å². The minimum absolute atomic E-state index is 0.112. The fourth-order valence-corrected chi connectivity index (χ4v) is 4.76. The maximum Gasteiger partial charge on any atom is 0.220 e. The van der Waals surface area contributed by atoms with Crippen LogP contribution in [0.25, 0.3) is 11.2 Å². The van der Waals surface area contributed by atoms with Crippen LogP contribution >= 0.6 is 0 Å². The largest absolute Gasteiger partial charge is 0.391 e. The van der Waals surface area contributed by atoms with E-state index >= 15 is 0 Å². The molecule has 0 radical (unpaired) electrons. The number of nitrogens with zero attached hydrogens (tertiary/aromatic N) is 4. The monoisotopic (exact) mass is 505 g/mol. The van der Waals surface area contributed by atoms with Gasteiger partial charge in [-0.3, -0.25) is 4.79 Å². The van der Waals surface area contributed by atoms with Gasteiger partial charge in [-0.2, -0.15) is 0 Å². The number of β-amino-alcohol motifs (C(OH)–C–C–N with tert-alkyl or cyclic N) is 1. The quantitative estimate of drug-likeness (QED) is 0.376. The lowest BCUT2D eigenvalue weighted by Crippen LogP contribution is -2.27. The molecular formula is C28H29F2N5O2. The molecule has 5 rings (SSSR count). The van der Waals surface area contributed by atoms with Crippen molar-refractivity contribution in [2.45, 2.75) is 44.9 Å². The molecule has 4 aromatic rings. The first-order valence-electron chi connectivity index (χ1n) is 12.4. The number of amides is 1. The summed E-state index contributed by atoms with van der Waals surface area (Å²) in [4.78, 5) is 24.0. The number of carbonyl (C=O) groups excluding carboxylic acids is 1. The topological polar surface area (TPSA) is 83.3 Å². The predicted octanol–water partition coefficient (Wildman–Crippen LogP) is 4.14. The van der Waals surface area contributed by atoms with Crippen LogP contribution in [0.4, 0.5) is 14.5 Å². The zero-order valence-electron chi connectivity index (χ0n) is 20.6. The highest BCUT2D eigenvalue weighted by Gasteiger charge is 2.21. The van der Waals surface area contributed by atoms with Crippen LogP contribution in [-0.4, -0.2) is 44.7 Å². The Labute approximate surface area is 213 Å². The van der Waals surface area contributed by atoms with E-state index in [0.29, 0.717) is 35.5 Å². The molecule has 1 aliphatic heterocycles. The van der Waals surface area contributed by atoms with E-state index in [-0.39, 0.29) is 31.0 Å². The van der Waals surface area contributed by atoms with E-state index in [1.807, 2.05) is 41.8 Å². The third kappa shape index (κ3) is 5.61. The van der Waals surface area contributed by atoms with Crippen molar-refractivity contribution in [2.24, 2.45) is 0 Å². The maximum absolute atomic E-state index is 13.8. The number of anilines is 1. The van der Waals surface area contributed by atoms with E-state index < -0.39 is 11.6 Å². The first-order valence-corrected chi connectivity index (χ1v) is 12.4. The van der Waals surface area contributed by atoms with Gasteiger partial charge in [0.1, 0.15) is 11.3 Å². The van der Waals surface area contributed by atoms with Gasteiger partial charge in [0.2, 0.25) is 5.91 Å². The van der Waals surface area contributed by atoms with Crippen LogP contribution in [0, 0.1) is 11.6 Å². The standard InChI is InChI=1S/C28H29F2N5O2/c1-18(20-5-7-21(8-6-20)34-14-12-22(36)17-34)32-27(37)11-10-26-33-25-3-2-13-31-28(25)35(26)16-19-4-9-23(29)24(30)15-19/h2-9,13,15,18,22,36H,10-12,14,16-17H2,1H3,(H,32,37)/t18?,22-/m1/s1. The third-order valence-corrected chi connectivity index (χ3v) is 6.78. The molecule has 1 unspecified atom stereocenters. The van der Waals surface area contributed by atoms with Crippen molar-refractivity contribution in [1.29, 1.82) is 0 Å². The number of carbonyl (C=O) groups is 1. The van der Waals surface area contributed by atoms with Gasteiger partial charge in [0.15, 0.2) is 17.3 Å². The molecule has 3 heterocycles. The molecular weight excluding hydrogens is 476 g/mol. The maximum atomic E-state index is 13.8. The number of benzene rings is 2. The Hall–Kier alpha value is -3.85. The summed E-state index contributed by atoms with van der Waals surface area (Å²) in [6.07, 6.45) is 2.74. The Bertz CT molecular complexity index is 1410. The number of hydrogen-bond acceptors (Lipinski definition) is 5. The highest BCUT2D eigenvalue weighted by Crippen LogP contribution is 2.23. The molecule has 1 fully saturated rings. The number of aromatic nitrogens is 3. The second kappa shape index (κ2) is 10.6. The molecule has 0 spiro atoms. The molecule has 9 heteroatoms. The Morgan fingerprint density at radius 1 is 1.16 bits per heavy atom. The van der Waals surface area contributed by atoms with Crippen molar-refractivity contribution in [3.8, 4) is 0 Å². The fourth-order valence-electron chi connectivity index (χ4n) is 4.76. The van der Waals surface area contributed by atoms with Gasteiger partial charge in [-0.25, -0.2) is 18.7 Å². The summed E-state index contributed by atoms with van der Waals surface area (Å²) >= 11 is 0. The van der Waals surface area contributed by atoms with Crippen LogP contribution in [0.1, 0.15) is 42.8 Å². The zero-order chi connectivity index (χ0) is 25.9. The van der Waals surface area contributed by atoms with Gasteiger partial charge in [0, 0.05) is 37.8 Å². The average molecular weight is 506 g/mol. The molecule has 0 aliphatic carbocycles. The number of pyridine rings is 1. The van der Waals surface area contributed by atoms with Crippen molar-refractivity contribution in [3.63, 3.8) is 0 Å². The molecule has 1 saturated heterocycles. The lowest BCUT2D eigenvalue weighted by atomic mass is 10.1. The lowest BCUT2D eigenvalue weighted by molar-refractivity contribution is -0.121. The number of halogens is 2. The van der Waals surface area contributed by atoms with Gasteiger partial charge in [0.25, 0.3) is 0 Å². The first kappa shape index (κ1) is 24.8. The van der Waals surface area contributed by atoms with Crippen LogP contribution in [0.15, 0.2) is 60.8 Å².